The van der Waals surface area contributed by atoms with Gasteiger partial charge in [-0.25, -0.2) is 0 Å². The van der Waals surface area contributed by atoms with Gasteiger partial charge in [-0.1, -0.05) is 48.4 Å². The van der Waals surface area contributed by atoms with Crippen LogP contribution in [0, 0.1) is 23.8 Å². The van der Waals surface area contributed by atoms with E-state index in [9.17, 15) is 0 Å². The molecule has 0 aromatic rings. The van der Waals surface area contributed by atoms with Crippen LogP contribution in [0.2, 0.25) is 19.6 Å². The molecule has 0 unspecified atom stereocenters. The Labute approximate surface area is 86.3 Å². The van der Waals surface area contributed by atoms with E-state index in [1.807, 2.05) is 6.92 Å². The van der Waals surface area contributed by atoms with Crippen molar-refractivity contribution in [1.29, 1.82) is 0 Å². The molecule has 0 saturated heterocycles. The highest BCUT2D eigenvalue weighted by atomic mass is 79.9. The van der Waals surface area contributed by atoms with Gasteiger partial charge in [0.2, 0.25) is 0 Å². The zero-order valence-electron chi connectivity index (χ0n) is 8.37. The van der Waals surface area contributed by atoms with Crippen molar-refractivity contribution in [2.75, 3.05) is 5.33 Å². The Balaban J connectivity index is 0. The van der Waals surface area contributed by atoms with Crippen LogP contribution in [0.3, 0.4) is 0 Å². The summed E-state index contributed by atoms with van der Waals surface area (Å²) in [6.45, 7) is 8.66. The van der Waals surface area contributed by atoms with E-state index in [-0.39, 0.29) is 0 Å². The lowest BCUT2D eigenvalue weighted by Gasteiger charge is -2.02. The van der Waals surface area contributed by atoms with Gasteiger partial charge in [0, 0.05) is 6.42 Å². The monoisotopic (exact) mass is 244 g/mol. The minimum atomic E-state index is -1.07. The second-order valence-electron chi connectivity index (χ2n) is 3.24. The van der Waals surface area contributed by atoms with Crippen LogP contribution in [0.1, 0.15) is 13.3 Å². The first-order chi connectivity index (χ1) is 5.47. The van der Waals surface area contributed by atoms with Gasteiger partial charge in [-0.15, -0.1) is 17.9 Å². The highest BCUT2D eigenvalue weighted by Crippen LogP contribution is 1.95. The largest absolute Gasteiger partial charge is 0.131 e. The predicted molar refractivity (Wildman–Crippen MR) is 64.0 cm³/mol. The van der Waals surface area contributed by atoms with E-state index in [1.165, 1.54) is 0 Å². The molecule has 0 spiro atoms. The fraction of sp³-hybridized carbons (Fsp3) is 0.600. The van der Waals surface area contributed by atoms with Gasteiger partial charge in [-0.2, -0.15) is 0 Å². The van der Waals surface area contributed by atoms with E-state index >= 15 is 0 Å². The molecule has 0 radical (unpaired) electrons. The summed E-state index contributed by atoms with van der Waals surface area (Å²) in [5.41, 5.74) is 3.21. The third-order valence-corrected chi connectivity index (χ3v) is 1.94. The molecular weight excluding hydrogens is 228 g/mol. The van der Waals surface area contributed by atoms with Crippen molar-refractivity contribution in [2.24, 2.45) is 0 Å². The van der Waals surface area contributed by atoms with Crippen molar-refractivity contribution >= 4 is 24.0 Å². The van der Waals surface area contributed by atoms with E-state index in [2.05, 4.69) is 53.0 Å². The molecule has 0 aromatic carbocycles. The van der Waals surface area contributed by atoms with Crippen LogP contribution < -0.4 is 0 Å². The molecule has 0 rings (SSSR count). The molecule has 68 valence electrons. The Morgan fingerprint density at radius 2 is 1.75 bits per heavy atom. The fourth-order valence-corrected chi connectivity index (χ4v) is 1.32. The molecule has 0 aliphatic rings. The van der Waals surface area contributed by atoms with Crippen LogP contribution >= 0.6 is 15.9 Å². The molecule has 0 aliphatic carbocycles. The Bertz CT molecular complexity index is 185. The number of rotatable bonds is 0. The first-order valence-corrected chi connectivity index (χ1v) is 8.59. The molecule has 2 heteroatoms. The number of halogens is 1. The number of terminal acetylenes is 1. The van der Waals surface area contributed by atoms with Gasteiger partial charge < -0.3 is 0 Å². The van der Waals surface area contributed by atoms with Crippen LogP contribution in [0.25, 0.3) is 0 Å². The average Bonchev–Trinajstić information content (AvgIpc) is 2.00. The number of hydrogen-bond acceptors (Lipinski definition) is 0. The molecule has 0 heterocycles. The van der Waals surface area contributed by atoms with Crippen molar-refractivity contribution in [3.8, 4) is 23.8 Å². The first-order valence-electron chi connectivity index (χ1n) is 3.97. The lowest BCUT2D eigenvalue weighted by atomic mass is 10.5. The maximum Gasteiger partial charge on any atom is 0.129 e. The Kier molecular flexibility index (Phi) is 10.7. The molecule has 0 aromatic heterocycles. The normalized spacial score (nSPS) is 8.33. The van der Waals surface area contributed by atoms with Crippen LogP contribution in [0.4, 0.5) is 0 Å². The van der Waals surface area contributed by atoms with E-state index in [1.54, 1.807) is 0 Å². The average molecular weight is 245 g/mol. The molecule has 0 aliphatic heterocycles. The molecular formula is C10H17BrSi. The van der Waals surface area contributed by atoms with Gasteiger partial charge >= 0.3 is 0 Å². The lowest BCUT2D eigenvalue weighted by molar-refractivity contribution is 1.28. The van der Waals surface area contributed by atoms with Crippen molar-refractivity contribution in [1.82, 2.24) is 0 Å². The maximum absolute atomic E-state index is 4.78. The van der Waals surface area contributed by atoms with Crippen LogP contribution in [0.15, 0.2) is 0 Å². The third kappa shape index (κ3) is 22.6. The van der Waals surface area contributed by atoms with Gasteiger partial charge in [-0.3, -0.25) is 0 Å². The summed E-state index contributed by atoms with van der Waals surface area (Å²) < 4.78 is 0. The summed E-state index contributed by atoms with van der Waals surface area (Å²) in [7, 11) is -1.07. The molecule has 0 saturated carbocycles. The Morgan fingerprint density at radius 3 is 1.83 bits per heavy atom. The van der Waals surface area contributed by atoms with Gasteiger partial charge in [-0.05, 0) is 0 Å². The summed E-state index contributed by atoms with van der Waals surface area (Å²) >= 11 is 3.25. The standard InChI is InChI=1S/C6H11BrSi.C4H6/c1-8(2,3)6-4-5-7;1-3-4-2/h5H2,1-3H3;1H,4H2,2H3. The third-order valence-electron chi connectivity index (χ3n) is 0.734. The Hall–Kier alpha value is -0.183. The zero-order chi connectivity index (χ0) is 10.0. The molecule has 0 atom stereocenters. The minimum Gasteiger partial charge on any atom is -0.131 e. The van der Waals surface area contributed by atoms with Crippen LogP contribution in [0.5, 0.6) is 0 Å². The number of alkyl halides is 1. The summed E-state index contributed by atoms with van der Waals surface area (Å²) in [5.74, 6) is 5.45. The summed E-state index contributed by atoms with van der Waals surface area (Å²) in [6, 6.07) is 0. The van der Waals surface area contributed by atoms with Gasteiger partial charge in [0.25, 0.3) is 0 Å². The van der Waals surface area contributed by atoms with Gasteiger partial charge in [0.05, 0.1) is 5.33 Å². The van der Waals surface area contributed by atoms with E-state index in [0.717, 1.165) is 11.8 Å². The van der Waals surface area contributed by atoms with Crippen molar-refractivity contribution in [3.63, 3.8) is 0 Å². The van der Waals surface area contributed by atoms with Crippen molar-refractivity contribution in [2.45, 2.75) is 33.0 Å². The van der Waals surface area contributed by atoms with E-state index in [4.69, 9.17) is 6.42 Å². The highest BCUT2D eigenvalue weighted by Gasteiger charge is 2.06. The van der Waals surface area contributed by atoms with Crippen molar-refractivity contribution in [3.05, 3.63) is 0 Å². The summed E-state index contributed by atoms with van der Waals surface area (Å²) in [4.78, 5) is 0. The molecule has 0 bridgehead atoms. The second-order valence-corrected chi connectivity index (χ2v) is 8.55. The van der Waals surface area contributed by atoms with E-state index in [0.29, 0.717) is 0 Å². The molecule has 12 heavy (non-hydrogen) atoms. The first kappa shape index (κ1) is 14.3. The molecule has 0 nitrogen and oxygen atoms in total. The zero-order valence-corrected chi connectivity index (χ0v) is 11.0. The molecule has 0 fully saturated rings. The smallest absolute Gasteiger partial charge is 0.129 e. The summed E-state index contributed by atoms with van der Waals surface area (Å²) in [6.07, 6.45) is 5.62. The van der Waals surface area contributed by atoms with E-state index < -0.39 is 8.07 Å². The van der Waals surface area contributed by atoms with Gasteiger partial charge in [0.15, 0.2) is 0 Å². The quantitative estimate of drug-likeness (QED) is 0.349. The topological polar surface area (TPSA) is 0 Å². The van der Waals surface area contributed by atoms with Gasteiger partial charge in [0.1, 0.15) is 8.07 Å². The SMILES string of the molecule is C#CCC.C[Si](C)(C)C#CCBr. The van der Waals surface area contributed by atoms with Crippen LogP contribution in [-0.4, -0.2) is 13.4 Å². The van der Waals surface area contributed by atoms with Crippen molar-refractivity contribution < 1.29 is 0 Å². The van der Waals surface area contributed by atoms with Crippen LogP contribution in [-0.2, 0) is 0 Å². The maximum atomic E-state index is 4.78. The minimum absolute atomic E-state index is 0.817. The highest BCUT2D eigenvalue weighted by molar-refractivity contribution is 9.09. The summed E-state index contributed by atoms with van der Waals surface area (Å²) in [5, 5.41) is 0.817. The Morgan fingerprint density at radius 1 is 1.33 bits per heavy atom. The predicted octanol–water partition coefficient (Wildman–Crippen LogP) is 3.29. The second kappa shape index (κ2) is 8.91. The molecule has 0 N–H and O–H groups in total. The fourth-order valence-electron chi connectivity index (χ4n) is 0.299. The number of hydrogen-bond donors (Lipinski definition) is 0. The molecule has 0 amide bonds. The lowest BCUT2D eigenvalue weighted by Crippen LogP contribution is -2.16.